The van der Waals surface area contributed by atoms with Gasteiger partial charge in [0.05, 0.1) is 54.4 Å². The van der Waals surface area contributed by atoms with Gasteiger partial charge in [-0.3, -0.25) is 4.79 Å². The summed E-state index contributed by atoms with van der Waals surface area (Å²) < 4.78 is 19.7. The number of hydrogen-bond acceptors (Lipinski definition) is 10. The summed E-state index contributed by atoms with van der Waals surface area (Å²) in [6.45, 7) is 15.4. The Labute approximate surface area is 400 Å². The van der Waals surface area contributed by atoms with E-state index in [0.29, 0.717) is 33.2 Å². The number of benzene rings is 1. The highest BCUT2D eigenvalue weighted by molar-refractivity contribution is 8.26. The van der Waals surface area contributed by atoms with Gasteiger partial charge in [0, 0.05) is 0 Å². The van der Waals surface area contributed by atoms with E-state index in [1.54, 1.807) is 6.92 Å². The SMILES string of the molecule is [C-]#[N+]C(C(=O)OCC)=C1Sc2c(OCCCCCCCCCCCCCCCCCC)c3c(c(OCCCCCCCCCCCCCCCCCC)c2S1)SC(=C(C#N)C#N)S3. The van der Waals surface area contributed by atoms with Gasteiger partial charge in [-0.2, -0.15) is 10.5 Å². The average molecular weight is 938 g/mol. The molecule has 11 heteroatoms. The minimum absolute atomic E-state index is 0.0344. The molecule has 63 heavy (non-hydrogen) atoms. The fraction of sp³-hybridized carbons (Fsp3) is 0.731. The van der Waals surface area contributed by atoms with Gasteiger partial charge in [0.15, 0.2) is 0 Å². The van der Waals surface area contributed by atoms with Crippen molar-refractivity contribution in [1.82, 2.24) is 0 Å². The van der Waals surface area contributed by atoms with E-state index in [9.17, 15) is 15.3 Å². The van der Waals surface area contributed by atoms with E-state index >= 15 is 0 Å². The number of ether oxygens (including phenoxy) is 3. The van der Waals surface area contributed by atoms with Crippen LogP contribution in [-0.4, -0.2) is 25.8 Å². The summed E-state index contributed by atoms with van der Waals surface area (Å²) in [6.07, 6.45) is 41.6. The van der Waals surface area contributed by atoms with Gasteiger partial charge in [0.2, 0.25) is 0 Å². The maximum Gasteiger partial charge on any atom is 0.338 e. The highest BCUT2D eigenvalue weighted by Gasteiger charge is 2.39. The van der Waals surface area contributed by atoms with Crippen molar-refractivity contribution >= 4 is 53.0 Å². The van der Waals surface area contributed by atoms with Crippen molar-refractivity contribution in [2.24, 2.45) is 0 Å². The number of carbonyl (C=O) groups excluding carboxylic acids is 1. The molecule has 0 spiro atoms. The number of allylic oxidation sites excluding steroid dienone is 1. The fourth-order valence-corrected chi connectivity index (χ4v) is 13.3. The summed E-state index contributed by atoms with van der Waals surface area (Å²) in [6, 6.07) is 4.16. The quantitative estimate of drug-likeness (QED) is 0.0210. The predicted molar refractivity (Wildman–Crippen MR) is 268 cm³/mol. The van der Waals surface area contributed by atoms with Crippen LogP contribution in [0.15, 0.2) is 39.3 Å². The smallest absolute Gasteiger partial charge is 0.338 e. The first kappa shape index (κ1) is 55.0. The Morgan fingerprint density at radius 2 is 0.762 bits per heavy atom. The third-order valence-corrected chi connectivity index (χ3v) is 16.9. The minimum Gasteiger partial charge on any atom is -0.491 e. The summed E-state index contributed by atoms with van der Waals surface area (Å²) in [5.74, 6) is 0.731. The second-order valence-electron chi connectivity index (χ2n) is 17.0. The van der Waals surface area contributed by atoms with Crippen molar-refractivity contribution in [3.05, 3.63) is 31.2 Å². The molecule has 2 aliphatic heterocycles. The van der Waals surface area contributed by atoms with Gasteiger partial charge in [-0.05, 0) is 19.8 Å². The van der Waals surface area contributed by atoms with Crippen LogP contribution in [0.3, 0.4) is 0 Å². The zero-order chi connectivity index (χ0) is 45.2. The van der Waals surface area contributed by atoms with E-state index in [-0.39, 0.29) is 17.9 Å². The van der Waals surface area contributed by atoms with Gasteiger partial charge in [0.1, 0.15) is 29.2 Å². The van der Waals surface area contributed by atoms with Crippen molar-refractivity contribution in [2.45, 2.75) is 246 Å². The second-order valence-corrected chi connectivity index (χ2v) is 21.6. The van der Waals surface area contributed by atoms with Crippen LogP contribution < -0.4 is 9.47 Å². The zero-order valence-electron chi connectivity index (χ0n) is 39.4. The number of esters is 1. The Bertz CT molecular complexity index is 1580. The van der Waals surface area contributed by atoms with Crippen molar-refractivity contribution < 1.29 is 19.0 Å². The number of unbranched alkanes of at least 4 members (excludes halogenated alkanes) is 30. The molecule has 0 aromatic heterocycles. The van der Waals surface area contributed by atoms with Crippen LogP contribution >= 0.6 is 47.0 Å². The molecule has 7 nitrogen and oxygen atoms in total. The molecule has 0 amide bonds. The topological polar surface area (TPSA) is 96.7 Å². The number of hydrogen-bond donors (Lipinski definition) is 0. The molecule has 0 fully saturated rings. The Morgan fingerprint density at radius 3 is 1.03 bits per heavy atom. The summed E-state index contributed by atoms with van der Waals surface area (Å²) in [5, 5.41) is 19.6. The van der Waals surface area contributed by atoms with E-state index in [0.717, 1.165) is 45.3 Å². The van der Waals surface area contributed by atoms with Crippen LogP contribution in [0.4, 0.5) is 0 Å². The monoisotopic (exact) mass is 937 g/mol. The Hall–Kier alpha value is -2.36. The lowest BCUT2D eigenvalue weighted by molar-refractivity contribution is -0.138. The first-order valence-corrected chi connectivity index (χ1v) is 28.3. The van der Waals surface area contributed by atoms with Crippen LogP contribution in [-0.2, 0) is 9.53 Å². The van der Waals surface area contributed by atoms with Gasteiger partial charge in [-0.15, -0.1) is 0 Å². The van der Waals surface area contributed by atoms with Gasteiger partial charge in [-0.1, -0.05) is 254 Å². The van der Waals surface area contributed by atoms with E-state index in [4.69, 9.17) is 20.8 Å². The first-order valence-electron chi connectivity index (χ1n) is 25.1. The normalized spacial score (nSPS) is 12.7. The van der Waals surface area contributed by atoms with Gasteiger partial charge in [-0.25, -0.2) is 4.85 Å². The Kier molecular flexibility index (Phi) is 31.3. The molecular weight excluding hydrogens is 859 g/mol. The minimum atomic E-state index is -0.629. The molecule has 0 saturated carbocycles. The number of fused-ring (bicyclic) bond motifs is 2. The summed E-state index contributed by atoms with van der Waals surface area (Å²) >= 11 is 5.49. The van der Waals surface area contributed by atoms with Crippen molar-refractivity contribution in [3.8, 4) is 23.6 Å². The third-order valence-electron chi connectivity index (χ3n) is 11.7. The maximum absolute atomic E-state index is 12.9. The molecule has 1 aromatic rings. The lowest BCUT2D eigenvalue weighted by Gasteiger charge is -2.18. The molecule has 0 unspecified atom stereocenters. The Morgan fingerprint density at radius 1 is 0.476 bits per heavy atom. The van der Waals surface area contributed by atoms with Gasteiger partial charge in [0.25, 0.3) is 5.70 Å². The van der Waals surface area contributed by atoms with Crippen molar-refractivity contribution in [3.63, 3.8) is 0 Å². The van der Waals surface area contributed by atoms with Crippen molar-refractivity contribution in [2.75, 3.05) is 19.8 Å². The summed E-state index contributed by atoms with van der Waals surface area (Å²) in [4.78, 5) is 19.8. The van der Waals surface area contributed by atoms with E-state index in [2.05, 4.69) is 30.8 Å². The van der Waals surface area contributed by atoms with Crippen LogP contribution in [0.5, 0.6) is 11.5 Å². The molecule has 350 valence electrons. The lowest BCUT2D eigenvalue weighted by Crippen LogP contribution is -2.05. The fourth-order valence-electron chi connectivity index (χ4n) is 8.00. The average Bonchev–Trinajstić information content (AvgIpc) is 3.92. The van der Waals surface area contributed by atoms with Gasteiger partial charge >= 0.3 is 5.97 Å². The maximum atomic E-state index is 12.9. The molecule has 0 radical (unpaired) electrons. The largest absolute Gasteiger partial charge is 0.491 e. The van der Waals surface area contributed by atoms with Crippen LogP contribution in [0.1, 0.15) is 226 Å². The molecule has 1 aromatic carbocycles. The predicted octanol–water partition coefficient (Wildman–Crippen LogP) is 18.3. The molecule has 2 aliphatic rings. The van der Waals surface area contributed by atoms with Crippen LogP contribution in [0.2, 0.25) is 0 Å². The first-order chi connectivity index (χ1) is 31.0. The molecule has 0 N–H and O–H groups in total. The molecule has 0 bridgehead atoms. The highest BCUT2D eigenvalue weighted by atomic mass is 32.2. The number of nitriles is 2. The molecule has 0 aliphatic carbocycles. The zero-order valence-corrected chi connectivity index (χ0v) is 42.6. The summed E-state index contributed by atoms with van der Waals surface area (Å²) in [5.41, 5.74) is 0.0419. The molecule has 3 rings (SSSR count). The number of carbonyl (C=O) groups is 1. The standard InChI is InChI=1S/C52H79N3O4S4/c1-5-8-10-12-14-16-18-20-22-24-26-28-30-32-34-36-38-58-44-46-47(61-51(60-46)42(40-53)41-54)45(49-48(44)62-52(63-49)43(55-4)50(56)57-7-3)59-39-37-35-33-31-29-27-25-23-21-19-17-15-13-11-9-6-2/h5-39H2,1-3H3. The Balaban J connectivity index is 1.55. The van der Waals surface area contributed by atoms with E-state index in [1.807, 2.05) is 0 Å². The van der Waals surface area contributed by atoms with Crippen molar-refractivity contribution in [1.29, 1.82) is 10.5 Å². The number of rotatable bonds is 38. The third kappa shape index (κ3) is 21.2. The lowest BCUT2D eigenvalue weighted by atomic mass is 10.0. The molecule has 2 heterocycles. The highest BCUT2D eigenvalue weighted by Crippen LogP contribution is 2.68. The van der Waals surface area contributed by atoms with Gasteiger partial charge < -0.3 is 14.2 Å². The molecule has 0 saturated heterocycles. The molecular formula is C52H79N3O4S4. The van der Waals surface area contributed by atoms with Crippen LogP contribution in [0.25, 0.3) is 4.85 Å². The van der Waals surface area contributed by atoms with Crippen LogP contribution in [0, 0.1) is 29.2 Å². The number of nitrogens with zero attached hydrogens (tertiary/aromatic N) is 3. The molecule has 0 atom stereocenters. The van der Waals surface area contributed by atoms with E-state index < -0.39 is 5.97 Å². The number of thioether (sulfide) groups is 4. The second kappa shape index (κ2) is 35.8. The van der Waals surface area contributed by atoms with E-state index in [1.165, 1.54) is 227 Å². The summed E-state index contributed by atoms with van der Waals surface area (Å²) in [7, 11) is 0.